The number of alkyl halides is 2. The Balaban J connectivity index is 0.00000300. The van der Waals surface area contributed by atoms with Crippen LogP contribution in [-0.2, 0) is 13.1 Å². The van der Waals surface area contributed by atoms with Gasteiger partial charge in [0.1, 0.15) is 5.75 Å². The zero-order valence-electron chi connectivity index (χ0n) is 16.2. The molecule has 3 rings (SSSR count). The standard InChI is InChI=1S/C21H22F2N4O.HI/c1-14-8-9-18(28-20(22)23)17(11-14)13-27-21(24-2)26-12-16-6-3-5-15-7-4-10-25-19(15)16;/h3-11,20H,12-13H2,1-2H3,(H2,24,26,27);1H. The molecule has 0 saturated carbocycles. The van der Waals surface area contributed by atoms with Gasteiger partial charge in [-0.25, -0.2) is 0 Å². The highest BCUT2D eigenvalue weighted by atomic mass is 127. The number of nitrogens with zero attached hydrogens (tertiary/aromatic N) is 2. The lowest BCUT2D eigenvalue weighted by Gasteiger charge is -2.15. The first kappa shape index (κ1) is 22.8. The number of aromatic nitrogens is 1. The quantitative estimate of drug-likeness (QED) is 0.288. The van der Waals surface area contributed by atoms with Crippen LogP contribution in [0, 0.1) is 6.92 Å². The van der Waals surface area contributed by atoms with E-state index >= 15 is 0 Å². The Bertz CT molecular complexity index is 977. The summed E-state index contributed by atoms with van der Waals surface area (Å²) in [6, 6.07) is 15.0. The Kier molecular flexibility index (Phi) is 8.56. The van der Waals surface area contributed by atoms with E-state index in [2.05, 4.69) is 25.3 Å². The van der Waals surface area contributed by atoms with E-state index in [0.29, 0.717) is 24.6 Å². The fraction of sp³-hybridized carbons (Fsp3) is 0.238. The van der Waals surface area contributed by atoms with E-state index in [9.17, 15) is 8.78 Å². The molecule has 2 aromatic carbocycles. The van der Waals surface area contributed by atoms with Crippen LogP contribution in [-0.4, -0.2) is 24.6 Å². The summed E-state index contributed by atoms with van der Waals surface area (Å²) in [5.41, 5.74) is 3.57. The third-order valence-corrected chi connectivity index (χ3v) is 4.26. The second-order valence-corrected chi connectivity index (χ2v) is 6.26. The molecule has 1 aromatic heterocycles. The van der Waals surface area contributed by atoms with Gasteiger partial charge in [0, 0.05) is 37.3 Å². The molecule has 3 aromatic rings. The number of pyridine rings is 1. The number of hydrogen-bond donors (Lipinski definition) is 2. The van der Waals surface area contributed by atoms with Gasteiger partial charge in [-0.05, 0) is 24.6 Å². The number of rotatable bonds is 6. The van der Waals surface area contributed by atoms with E-state index in [-0.39, 0.29) is 29.7 Å². The molecular formula is C21H23F2IN4O. The predicted octanol–water partition coefficient (Wildman–Crippen LogP) is 4.63. The van der Waals surface area contributed by atoms with Crippen molar-refractivity contribution in [3.8, 4) is 5.75 Å². The van der Waals surface area contributed by atoms with Gasteiger partial charge in [0.25, 0.3) is 0 Å². The largest absolute Gasteiger partial charge is 0.434 e. The first-order valence-corrected chi connectivity index (χ1v) is 8.88. The second kappa shape index (κ2) is 10.9. The minimum atomic E-state index is -2.86. The zero-order chi connectivity index (χ0) is 19.9. The van der Waals surface area contributed by atoms with Crippen molar-refractivity contribution in [2.45, 2.75) is 26.6 Å². The average Bonchev–Trinajstić information content (AvgIpc) is 2.69. The van der Waals surface area contributed by atoms with Crippen LogP contribution in [0.4, 0.5) is 8.78 Å². The summed E-state index contributed by atoms with van der Waals surface area (Å²) in [5, 5.41) is 7.44. The van der Waals surface area contributed by atoms with Gasteiger partial charge in [-0.3, -0.25) is 9.98 Å². The summed E-state index contributed by atoms with van der Waals surface area (Å²) in [7, 11) is 1.66. The van der Waals surface area contributed by atoms with Crippen molar-refractivity contribution in [1.29, 1.82) is 0 Å². The number of para-hydroxylation sites is 1. The average molecular weight is 512 g/mol. The maximum absolute atomic E-state index is 12.6. The number of ether oxygens (including phenoxy) is 1. The van der Waals surface area contributed by atoms with Crippen molar-refractivity contribution in [2.24, 2.45) is 4.99 Å². The van der Waals surface area contributed by atoms with Gasteiger partial charge in [-0.15, -0.1) is 24.0 Å². The molecule has 0 spiro atoms. The third-order valence-electron chi connectivity index (χ3n) is 4.26. The smallest absolute Gasteiger partial charge is 0.387 e. The first-order chi connectivity index (χ1) is 13.6. The van der Waals surface area contributed by atoms with Gasteiger partial charge >= 0.3 is 6.61 Å². The number of nitrogens with one attached hydrogen (secondary N) is 2. The number of aliphatic imine (C=N–C) groups is 1. The molecule has 2 N–H and O–H groups in total. The first-order valence-electron chi connectivity index (χ1n) is 8.88. The summed E-state index contributed by atoms with van der Waals surface area (Å²) in [5.74, 6) is 0.708. The lowest BCUT2D eigenvalue weighted by atomic mass is 10.1. The fourth-order valence-corrected chi connectivity index (χ4v) is 2.95. The Labute approximate surface area is 185 Å². The molecule has 0 amide bonds. The number of aryl methyl sites for hydroxylation is 1. The fourth-order valence-electron chi connectivity index (χ4n) is 2.95. The number of halogens is 3. The Morgan fingerprint density at radius 2 is 1.79 bits per heavy atom. The SMILES string of the molecule is CN=C(NCc1cc(C)ccc1OC(F)F)NCc1cccc2cccnc12.I. The molecule has 0 aliphatic heterocycles. The van der Waals surface area contributed by atoms with E-state index in [1.54, 1.807) is 25.4 Å². The van der Waals surface area contributed by atoms with Crippen LogP contribution >= 0.6 is 24.0 Å². The topological polar surface area (TPSA) is 58.5 Å². The van der Waals surface area contributed by atoms with Crippen LogP contribution in [0.1, 0.15) is 16.7 Å². The molecule has 0 atom stereocenters. The van der Waals surface area contributed by atoms with Crippen LogP contribution in [0.15, 0.2) is 59.7 Å². The van der Waals surface area contributed by atoms with Gasteiger partial charge < -0.3 is 15.4 Å². The van der Waals surface area contributed by atoms with Crippen molar-refractivity contribution in [3.05, 3.63) is 71.4 Å². The second-order valence-electron chi connectivity index (χ2n) is 6.26. The molecule has 0 saturated heterocycles. The Morgan fingerprint density at radius 3 is 2.52 bits per heavy atom. The number of hydrogen-bond acceptors (Lipinski definition) is 3. The molecule has 0 radical (unpaired) electrons. The minimum absolute atomic E-state index is 0. The van der Waals surface area contributed by atoms with Gasteiger partial charge in [-0.2, -0.15) is 8.78 Å². The van der Waals surface area contributed by atoms with Crippen molar-refractivity contribution in [1.82, 2.24) is 15.6 Å². The van der Waals surface area contributed by atoms with Gasteiger partial charge in [0.15, 0.2) is 5.96 Å². The number of fused-ring (bicyclic) bond motifs is 1. The molecular weight excluding hydrogens is 489 g/mol. The lowest BCUT2D eigenvalue weighted by molar-refractivity contribution is -0.0504. The van der Waals surface area contributed by atoms with Gasteiger partial charge in [-0.1, -0.05) is 42.0 Å². The molecule has 0 unspecified atom stereocenters. The highest BCUT2D eigenvalue weighted by Crippen LogP contribution is 2.22. The van der Waals surface area contributed by atoms with Crippen LogP contribution in [0.5, 0.6) is 5.75 Å². The zero-order valence-corrected chi connectivity index (χ0v) is 18.5. The molecule has 154 valence electrons. The highest BCUT2D eigenvalue weighted by Gasteiger charge is 2.11. The van der Waals surface area contributed by atoms with Crippen LogP contribution in [0.2, 0.25) is 0 Å². The molecule has 1 heterocycles. The Hall–Kier alpha value is -2.49. The maximum Gasteiger partial charge on any atom is 0.387 e. The molecule has 5 nitrogen and oxygen atoms in total. The van der Waals surface area contributed by atoms with Crippen molar-refractivity contribution < 1.29 is 13.5 Å². The van der Waals surface area contributed by atoms with Crippen LogP contribution < -0.4 is 15.4 Å². The maximum atomic E-state index is 12.6. The van der Waals surface area contributed by atoms with Gasteiger partial charge in [0.05, 0.1) is 5.52 Å². The summed E-state index contributed by atoms with van der Waals surface area (Å²) < 4.78 is 29.8. The van der Waals surface area contributed by atoms with E-state index in [4.69, 9.17) is 0 Å². The lowest BCUT2D eigenvalue weighted by Crippen LogP contribution is -2.36. The normalized spacial score (nSPS) is 11.3. The summed E-state index contributed by atoms with van der Waals surface area (Å²) >= 11 is 0. The molecule has 0 bridgehead atoms. The van der Waals surface area contributed by atoms with Crippen molar-refractivity contribution in [3.63, 3.8) is 0 Å². The molecule has 0 fully saturated rings. The van der Waals surface area contributed by atoms with Gasteiger partial charge in [0.2, 0.25) is 0 Å². The summed E-state index contributed by atoms with van der Waals surface area (Å²) in [6.45, 7) is -0.131. The van der Waals surface area contributed by atoms with Crippen molar-refractivity contribution in [2.75, 3.05) is 7.05 Å². The number of guanidine groups is 1. The highest BCUT2D eigenvalue weighted by molar-refractivity contribution is 14.0. The van der Waals surface area contributed by atoms with E-state index in [1.165, 1.54) is 0 Å². The summed E-state index contributed by atoms with van der Waals surface area (Å²) in [4.78, 5) is 8.64. The predicted molar refractivity (Wildman–Crippen MR) is 122 cm³/mol. The molecule has 0 aliphatic carbocycles. The van der Waals surface area contributed by atoms with Crippen LogP contribution in [0.25, 0.3) is 10.9 Å². The van der Waals surface area contributed by atoms with E-state index < -0.39 is 6.61 Å². The van der Waals surface area contributed by atoms with E-state index in [0.717, 1.165) is 22.0 Å². The Morgan fingerprint density at radius 1 is 1.07 bits per heavy atom. The van der Waals surface area contributed by atoms with Crippen molar-refractivity contribution >= 4 is 40.8 Å². The molecule has 8 heteroatoms. The summed E-state index contributed by atoms with van der Waals surface area (Å²) in [6.07, 6.45) is 1.77. The third kappa shape index (κ3) is 6.25. The number of benzene rings is 2. The molecule has 29 heavy (non-hydrogen) atoms. The van der Waals surface area contributed by atoms with E-state index in [1.807, 2.05) is 43.3 Å². The monoisotopic (exact) mass is 512 g/mol. The van der Waals surface area contributed by atoms with Crippen LogP contribution in [0.3, 0.4) is 0 Å². The molecule has 0 aliphatic rings. The minimum Gasteiger partial charge on any atom is -0.434 e.